The molecule has 0 bridgehead atoms. The molecule has 24 heavy (non-hydrogen) atoms. The monoisotopic (exact) mass is 326 g/mol. The Hall–Kier alpha value is -3.15. The SMILES string of the molecule is COC(=O)c1cc(Nc2ccc(OC)cc2)c2cccc(F)c2n1. The molecule has 3 rings (SSSR count). The van der Waals surface area contributed by atoms with Gasteiger partial charge in [-0.25, -0.2) is 14.2 Å². The number of ether oxygens (including phenoxy) is 2. The zero-order chi connectivity index (χ0) is 17.1. The lowest BCUT2D eigenvalue weighted by Crippen LogP contribution is -2.06. The Morgan fingerprint density at radius 2 is 1.88 bits per heavy atom. The van der Waals surface area contributed by atoms with Gasteiger partial charge in [-0.2, -0.15) is 0 Å². The molecule has 3 aromatic rings. The highest BCUT2D eigenvalue weighted by atomic mass is 19.1. The molecule has 0 amide bonds. The zero-order valence-electron chi connectivity index (χ0n) is 13.2. The van der Waals surface area contributed by atoms with E-state index >= 15 is 0 Å². The first-order valence-electron chi connectivity index (χ1n) is 7.21. The van der Waals surface area contributed by atoms with Crippen molar-refractivity contribution in [1.29, 1.82) is 0 Å². The molecular formula is C18H15FN2O3. The molecule has 0 unspecified atom stereocenters. The number of halogens is 1. The summed E-state index contributed by atoms with van der Waals surface area (Å²) in [4.78, 5) is 15.9. The predicted molar refractivity (Wildman–Crippen MR) is 89.3 cm³/mol. The number of hydrogen-bond donors (Lipinski definition) is 1. The molecule has 0 spiro atoms. The number of carbonyl (C=O) groups excluding carboxylic acids is 1. The summed E-state index contributed by atoms with van der Waals surface area (Å²) in [5.41, 5.74) is 1.47. The van der Waals surface area contributed by atoms with Gasteiger partial charge in [0.05, 0.1) is 19.9 Å². The quantitative estimate of drug-likeness (QED) is 0.737. The molecule has 0 fully saturated rings. The fraction of sp³-hybridized carbons (Fsp3) is 0.111. The van der Waals surface area contributed by atoms with E-state index in [2.05, 4.69) is 10.3 Å². The molecule has 0 aliphatic carbocycles. The molecular weight excluding hydrogens is 311 g/mol. The van der Waals surface area contributed by atoms with Crippen molar-refractivity contribution >= 4 is 28.2 Å². The second-order valence-electron chi connectivity index (χ2n) is 5.04. The Morgan fingerprint density at radius 3 is 2.54 bits per heavy atom. The topological polar surface area (TPSA) is 60.5 Å². The minimum atomic E-state index is -0.627. The molecule has 0 radical (unpaired) electrons. The minimum absolute atomic E-state index is 0.0334. The number of fused-ring (bicyclic) bond motifs is 1. The summed E-state index contributed by atoms with van der Waals surface area (Å²) in [6.45, 7) is 0. The first-order chi connectivity index (χ1) is 11.6. The van der Waals surface area contributed by atoms with E-state index in [1.807, 2.05) is 12.1 Å². The number of hydrogen-bond acceptors (Lipinski definition) is 5. The molecule has 2 aromatic carbocycles. The van der Waals surface area contributed by atoms with Gasteiger partial charge in [0.25, 0.3) is 0 Å². The number of esters is 1. The van der Waals surface area contributed by atoms with Crippen molar-refractivity contribution in [3.05, 3.63) is 60.0 Å². The third-order valence-electron chi connectivity index (χ3n) is 3.55. The van der Waals surface area contributed by atoms with Crippen LogP contribution in [0.5, 0.6) is 5.75 Å². The van der Waals surface area contributed by atoms with E-state index in [9.17, 15) is 9.18 Å². The molecule has 0 aliphatic rings. The number of anilines is 2. The van der Waals surface area contributed by atoms with Gasteiger partial charge in [-0.15, -0.1) is 0 Å². The maximum absolute atomic E-state index is 14.1. The predicted octanol–water partition coefficient (Wildman–Crippen LogP) is 3.91. The maximum Gasteiger partial charge on any atom is 0.356 e. The average Bonchev–Trinajstić information content (AvgIpc) is 2.62. The second kappa shape index (κ2) is 6.54. The minimum Gasteiger partial charge on any atom is -0.497 e. The fourth-order valence-corrected chi connectivity index (χ4v) is 2.36. The Bertz CT molecular complexity index is 895. The Labute approximate surface area is 138 Å². The van der Waals surface area contributed by atoms with Crippen LogP contribution in [0, 0.1) is 5.82 Å². The number of rotatable bonds is 4. The van der Waals surface area contributed by atoms with Crippen LogP contribution in [0.4, 0.5) is 15.8 Å². The lowest BCUT2D eigenvalue weighted by molar-refractivity contribution is 0.0594. The van der Waals surface area contributed by atoms with E-state index in [0.29, 0.717) is 11.1 Å². The van der Waals surface area contributed by atoms with Crippen LogP contribution in [0.25, 0.3) is 10.9 Å². The third kappa shape index (κ3) is 2.99. The molecule has 0 aliphatic heterocycles. The first-order valence-corrected chi connectivity index (χ1v) is 7.21. The van der Waals surface area contributed by atoms with Crippen LogP contribution in [0.3, 0.4) is 0 Å². The lowest BCUT2D eigenvalue weighted by atomic mass is 10.1. The molecule has 0 saturated heterocycles. The van der Waals surface area contributed by atoms with Crippen molar-refractivity contribution in [3.8, 4) is 5.75 Å². The highest BCUT2D eigenvalue weighted by molar-refractivity contribution is 5.99. The number of benzene rings is 2. The van der Waals surface area contributed by atoms with Gasteiger partial charge in [0.2, 0.25) is 0 Å². The van der Waals surface area contributed by atoms with Crippen LogP contribution in [0.2, 0.25) is 0 Å². The number of carbonyl (C=O) groups is 1. The Balaban J connectivity index is 2.10. The van der Waals surface area contributed by atoms with E-state index in [4.69, 9.17) is 9.47 Å². The molecule has 0 atom stereocenters. The maximum atomic E-state index is 14.1. The van der Waals surface area contributed by atoms with Crippen molar-refractivity contribution in [2.45, 2.75) is 0 Å². The number of pyridine rings is 1. The summed E-state index contributed by atoms with van der Waals surface area (Å²) in [5, 5.41) is 3.74. The zero-order valence-corrected chi connectivity index (χ0v) is 13.2. The molecule has 6 heteroatoms. The van der Waals surface area contributed by atoms with E-state index in [1.54, 1.807) is 31.4 Å². The van der Waals surface area contributed by atoms with Crippen LogP contribution in [-0.4, -0.2) is 25.2 Å². The van der Waals surface area contributed by atoms with Gasteiger partial charge in [-0.3, -0.25) is 0 Å². The summed E-state index contributed by atoms with van der Waals surface area (Å²) in [6, 6.07) is 13.4. The van der Waals surface area contributed by atoms with E-state index in [1.165, 1.54) is 19.2 Å². The number of para-hydroxylation sites is 1. The summed E-state index contributed by atoms with van der Waals surface area (Å²) in [7, 11) is 2.84. The van der Waals surface area contributed by atoms with Gasteiger partial charge < -0.3 is 14.8 Å². The average molecular weight is 326 g/mol. The van der Waals surface area contributed by atoms with Gasteiger partial charge in [0.15, 0.2) is 5.69 Å². The Kier molecular flexibility index (Phi) is 4.29. The normalized spacial score (nSPS) is 10.5. The van der Waals surface area contributed by atoms with E-state index in [0.717, 1.165) is 11.4 Å². The molecule has 0 saturated carbocycles. The van der Waals surface area contributed by atoms with Gasteiger partial charge in [0.1, 0.15) is 17.1 Å². The van der Waals surface area contributed by atoms with Crippen LogP contribution < -0.4 is 10.1 Å². The van der Waals surface area contributed by atoms with Gasteiger partial charge >= 0.3 is 5.97 Å². The van der Waals surface area contributed by atoms with Crippen molar-refractivity contribution in [2.75, 3.05) is 19.5 Å². The van der Waals surface area contributed by atoms with E-state index < -0.39 is 11.8 Å². The fourth-order valence-electron chi connectivity index (χ4n) is 2.36. The highest BCUT2D eigenvalue weighted by Crippen LogP contribution is 2.29. The summed E-state index contributed by atoms with van der Waals surface area (Å²) in [5.74, 6) is -0.407. The molecule has 5 nitrogen and oxygen atoms in total. The van der Waals surface area contributed by atoms with E-state index in [-0.39, 0.29) is 11.2 Å². The number of nitrogens with one attached hydrogen (secondary N) is 1. The van der Waals surface area contributed by atoms with Gasteiger partial charge in [0, 0.05) is 11.1 Å². The van der Waals surface area contributed by atoms with Crippen LogP contribution in [0.15, 0.2) is 48.5 Å². The first kappa shape index (κ1) is 15.7. The molecule has 1 aromatic heterocycles. The largest absolute Gasteiger partial charge is 0.497 e. The summed E-state index contributed by atoms with van der Waals surface area (Å²) < 4.78 is 23.9. The van der Waals surface area contributed by atoms with Crippen LogP contribution >= 0.6 is 0 Å². The molecule has 122 valence electrons. The highest BCUT2D eigenvalue weighted by Gasteiger charge is 2.14. The van der Waals surface area contributed by atoms with Gasteiger partial charge in [-0.1, -0.05) is 12.1 Å². The molecule has 1 heterocycles. The number of aromatic nitrogens is 1. The van der Waals surface area contributed by atoms with Crippen molar-refractivity contribution in [1.82, 2.24) is 4.98 Å². The third-order valence-corrected chi connectivity index (χ3v) is 3.55. The van der Waals surface area contributed by atoms with Gasteiger partial charge in [-0.05, 0) is 36.4 Å². The van der Waals surface area contributed by atoms with Crippen LogP contribution in [0.1, 0.15) is 10.5 Å². The molecule has 1 N–H and O–H groups in total. The van der Waals surface area contributed by atoms with Crippen LogP contribution in [-0.2, 0) is 4.74 Å². The smallest absolute Gasteiger partial charge is 0.356 e. The number of methoxy groups -OCH3 is 2. The Morgan fingerprint density at radius 1 is 1.12 bits per heavy atom. The summed E-state index contributed by atoms with van der Waals surface area (Å²) >= 11 is 0. The van der Waals surface area contributed by atoms with Crippen molar-refractivity contribution in [2.24, 2.45) is 0 Å². The lowest BCUT2D eigenvalue weighted by Gasteiger charge is -2.12. The van der Waals surface area contributed by atoms with Crippen molar-refractivity contribution < 1.29 is 18.7 Å². The standard InChI is InChI=1S/C18H15FN2O3/c1-23-12-8-6-11(7-9-12)20-15-10-16(18(22)24-2)21-17-13(15)4-3-5-14(17)19/h3-10H,1-2H3,(H,20,21). The summed E-state index contributed by atoms with van der Waals surface area (Å²) in [6.07, 6.45) is 0. The second-order valence-corrected chi connectivity index (χ2v) is 5.04. The number of nitrogens with zero attached hydrogens (tertiary/aromatic N) is 1. The van der Waals surface area contributed by atoms with Crippen molar-refractivity contribution in [3.63, 3.8) is 0 Å².